The number of aromatic nitrogens is 5. The van der Waals surface area contributed by atoms with Gasteiger partial charge in [0.2, 0.25) is 0 Å². The molecule has 1 N–H and O–H groups in total. The minimum Gasteiger partial charge on any atom is -0.386 e. The molecule has 0 amide bonds. The Morgan fingerprint density at radius 2 is 1.83 bits per heavy atom. The second-order valence-electron chi connectivity index (χ2n) is 11.1. The molecule has 35 heavy (non-hydrogen) atoms. The van der Waals surface area contributed by atoms with E-state index < -0.39 is 5.60 Å². The smallest absolute Gasteiger partial charge is 0.0960 e. The number of aliphatic hydroxyl groups is 1. The van der Waals surface area contributed by atoms with E-state index in [1.165, 1.54) is 12.8 Å². The van der Waals surface area contributed by atoms with Gasteiger partial charge in [0.15, 0.2) is 0 Å². The number of rotatable bonds is 6. The summed E-state index contributed by atoms with van der Waals surface area (Å²) in [4.78, 5) is 4.97. The predicted molar refractivity (Wildman–Crippen MR) is 137 cm³/mol. The van der Waals surface area contributed by atoms with E-state index in [-0.39, 0.29) is 0 Å². The highest BCUT2D eigenvalue weighted by atomic mass is 16.5. The monoisotopic (exact) mass is 473 g/mol. The number of fused-ring (bicyclic) bond motifs is 3. The van der Waals surface area contributed by atoms with E-state index in [0.717, 1.165) is 83.0 Å². The first-order chi connectivity index (χ1) is 16.8. The normalized spacial score (nSPS) is 18.5. The second kappa shape index (κ2) is 8.42. The van der Waals surface area contributed by atoms with Crippen LogP contribution in [0.25, 0.3) is 33.2 Å². The fourth-order valence-corrected chi connectivity index (χ4v) is 6.08. The predicted octanol–water partition coefficient (Wildman–Crippen LogP) is 4.97. The lowest BCUT2D eigenvalue weighted by Gasteiger charge is -2.31. The van der Waals surface area contributed by atoms with E-state index in [2.05, 4.69) is 33.1 Å². The zero-order valence-corrected chi connectivity index (χ0v) is 21.2. The van der Waals surface area contributed by atoms with Gasteiger partial charge in [0, 0.05) is 44.0 Å². The molecule has 1 aromatic carbocycles. The molecular weight excluding hydrogens is 438 g/mol. The van der Waals surface area contributed by atoms with E-state index in [0.29, 0.717) is 11.8 Å². The molecule has 4 heterocycles. The number of hydrogen-bond acceptors (Lipinski definition) is 5. The van der Waals surface area contributed by atoms with Crippen LogP contribution in [0, 0.1) is 24.7 Å². The number of pyridine rings is 1. The van der Waals surface area contributed by atoms with E-state index in [1.807, 2.05) is 44.8 Å². The molecule has 0 radical (unpaired) electrons. The highest BCUT2D eigenvalue weighted by Gasteiger charge is 2.38. The van der Waals surface area contributed by atoms with Gasteiger partial charge in [-0.25, -0.2) is 4.68 Å². The van der Waals surface area contributed by atoms with Crippen molar-refractivity contribution in [2.75, 3.05) is 13.2 Å². The number of hydrogen-bond donors (Lipinski definition) is 1. The Bertz CT molecular complexity index is 1370. The summed E-state index contributed by atoms with van der Waals surface area (Å²) in [7, 11) is 1.93. The van der Waals surface area contributed by atoms with Crippen LogP contribution in [0.15, 0.2) is 30.5 Å². The highest BCUT2D eigenvalue weighted by Crippen LogP contribution is 2.45. The maximum Gasteiger partial charge on any atom is 0.0960 e. The van der Waals surface area contributed by atoms with Gasteiger partial charge in [-0.1, -0.05) is 17.3 Å². The Morgan fingerprint density at radius 1 is 1.09 bits per heavy atom. The van der Waals surface area contributed by atoms with Crippen molar-refractivity contribution in [3.8, 4) is 11.3 Å². The van der Waals surface area contributed by atoms with E-state index in [4.69, 9.17) is 9.72 Å². The van der Waals surface area contributed by atoms with E-state index >= 15 is 0 Å². The van der Waals surface area contributed by atoms with Crippen LogP contribution in [0.3, 0.4) is 0 Å². The van der Waals surface area contributed by atoms with Crippen molar-refractivity contribution < 1.29 is 9.84 Å². The van der Waals surface area contributed by atoms with Crippen LogP contribution in [-0.4, -0.2) is 42.9 Å². The van der Waals surface area contributed by atoms with Crippen LogP contribution < -0.4 is 0 Å². The van der Waals surface area contributed by atoms with Crippen LogP contribution in [0.1, 0.15) is 50.8 Å². The highest BCUT2D eigenvalue weighted by molar-refractivity contribution is 6.06. The third kappa shape index (κ3) is 4.04. The third-order valence-electron chi connectivity index (χ3n) is 8.17. The molecule has 1 aliphatic carbocycles. The Balaban J connectivity index is 1.54. The second-order valence-corrected chi connectivity index (χ2v) is 11.1. The topological polar surface area (TPSA) is 78.0 Å². The largest absolute Gasteiger partial charge is 0.386 e. The molecule has 1 saturated heterocycles. The summed E-state index contributed by atoms with van der Waals surface area (Å²) in [5.74, 6) is 2.12. The lowest BCUT2D eigenvalue weighted by atomic mass is 9.82. The molecule has 1 aliphatic heterocycles. The summed E-state index contributed by atoms with van der Waals surface area (Å²) in [6, 6.07) is 8.59. The van der Waals surface area contributed by atoms with Crippen molar-refractivity contribution in [1.29, 1.82) is 0 Å². The Labute approximate surface area is 206 Å². The SMILES string of the molecule is Cc1nnn(C)c1-c1cnc2c3ccc(C(C)(C)O)cc3n(CC(C3CCOCC3)C3CC3)c2c1. The molecule has 1 atom stereocenters. The minimum absolute atomic E-state index is 0.632. The first-order valence-corrected chi connectivity index (χ1v) is 12.9. The van der Waals surface area contributed by atoms with Crippen LogP contribution in [0.2, 0.25) is 0 Å². The molecule has 6 rings (SSSR count). The summed E-state index contributed by atoms with van der Waals surface area (Å²) >= 11 is 0. The molecule has 4 aromatic rings. The Morgan fingerprint density at radius 3 is 2.49 bits per heavy atom. The maximum absolute atomic E-state index is 10.8. The van der Waals surface area contributed by atoms with Crippen molar-refractivity contribution in [2.24, 2.45) is 24.8 Å². The minimum atomic E-state index is -0.901. The number of nitrogens with zero attached hydrogens (tertiary/aromatic N) is 5. The fraction of sp³-hybridized carbons (Fsp3) is 0.536. The zero-order valence-electron chi connectivity index (χ0n) is 21.2. The van der Waals surface area contributed by atoms with Gasteiger partial charge in [-0.15, -0.1) is 5.10 Å². The zero-order chi connectivity index (χ0) is 24.3. The van der Waals surface area contributed by atoms with Crippen molar-refractivity contribution in [2.45, 2.75) is 58.6 Å². The molecule has 7 nitrogen and oxygen atoms in total. The molecule has 7 heteroatoms. The Kier molecular flexibility index (Phi) is 5.45. The molecule has 2 aliphatic rings. The van der Waals surface area contributed by atoms with Gasteiger partial charge >= 0.3 is 0 Å². The molecular formula is C28H35N5O2. The number of benzene rings is 1. The first kappa shape index (κ1) is 22.7. The average Bonchev–Trinajstić information content (AvgIpc) is 3.56. The van der Waals surface area contributed by atoms with Crippen molar-refractivity contribution in [1.82, 2.24) is 24.5 Å². The summed E-state index contributed by atoms with van der Waals surface area (Å²) in [5.41, 5.74) is 6.27. The number of ether oxygens (including phenoxy) is 1. The molecule has 2 fully saturated rings. The number of aryl methyl sites for hydroxylation is 2. The standard InChI is InChI=1S/C28H35N5O2/c1-17-27(32(4)31-30-17)20-13-25-26(29-15-20)22-8-7-21(28(2,3)34)14-24(22)33(25)16-23(18-5-6-18)19-9-11-35-12-10-19/h7-8,13-15,18-19,23,34H,5-6,9-12,16H2,1-4H3. The van der Waals surface area contributed by atoms with Gasteiger partial charge in [0.1, 0.15) is 0 Å². The molecule has 184 valence electrons. The van der Waals surface area contributed by atoms with Crippen molar-refractivity contribution in [3.63, 3.8) is 0 Å². The molecule has 0 spiro atoms. The first-order valence-electron chi connectivity index (χ1n) is 12.9. The molecule has 3 aromatic heterocycles. The van der Waals surface area contributed by atoms with Gasteiger partial charge in [0.25, 0.3) is 0 Å². The van der Waals surface area contributed by atoms with E-state index in [9.17, 15) is 5.11 Å². The van der Waals surface area contributed by atoms with Gasteiger partial charge in [-0.3, -0.25) is 4.98 Å². The van der Waals surface area contributed by atoms with Gasteiger partial charge in [-0.2, -0.15) is 0 Å². The van der Waals surface area contributed by atoms with Gasteiger partial charge in [0.05, 0.1) is 33.5 Å². The fourth-order valence-electron chi connectivity index (χ4n) is 6.08. The van der Waals surface area contributed by atoms with Gasteiger partial charge in [-0.05, 0) is 81.9 Å². The van der Waals surface area contributed by atoms with E-state index in [1.54, 1.807) is 0 Å². The third-order valence-corrected chi connectivity index (χ3v) is 8.17. The Hall–Kier alpha value is -2.77. The quantitative estimate of drug-likeness (QED) is 0.428. The van der Waals surface area contributed by atoms with Crippen LogP contribution in [-0.2, 0) is 23.9 Å². The summed E-state index contributed by atoms with van der Waals surface area (Å²) in [6.07, 6.45) is 6.90. The molecule has 1 saturated carbocycles. The lowest BCUT2D eigenvalue weighted by Crippen LogP contribution is -2.28. The average molecular weight is 474 g/mol. The summed E-state index contributed by atoms with van der Waals surface area (Å²) < 4.78 is 10.0. The van der Waals surface area contributed by atoms with Crippen LogP contribution in [0.4, 0.5) is 0 Å². The van der Waals surface area contributed by atoms with Crippen LogP contribution in [0.5, 0.6) is 0 Å². The van der Waals surface area contributed by atoms with Crippen molar-refractivity contribution >= 4 is 21.9 Å². The lowest BCUT2D eigenvalue weighted by molar-refractivity contribution is 0.0391. The molecule has 1 unspecified atom stereocenters. The summed E-state index contributed by atoms with van der Waals surface area (Å²) in [6.45, 7) is 8.42. The molecule has 0 bridgehead atoms. The van der Waals surface area contributed by atoms with Crippen LogP contribution >= 0.6 is 0 Å². The van der Waals surface area contributed by atoms with Gasteiger partial charge < -0.3 is 14.4 Å². The van der Waals surface area contributed by atoms with Crippen molar-refractivity contribution in [3.05, 3.63) is 41.7 Å². The maximum atomic E-state index is 10.8. The summed E-state index contributed by atoms with van der Waals surface area (Å²) in [5, 5.41) is 20.4.